The van der Waals surface area contributed by atoms with Crippen LogP contribution in [0.4, 0.5) is 0 Å². The van der Waals surface area contributed by atoms with Crippen LogP contribution in [0.25, 0.3) is 0 Å². The fraction of sp³-hybridized carbons (Fsp3) is 0.294. The number of aliphatic imine (C=N–C) groups is 1. The summed E-state index contributed by atoms with van der Waals surface area (Å²) in [6.07, 6.45) is 0. The lowest BCUT2D eigenvalue weighted by Crippen LogP contribution is -2.36. The van der Waals surface area contributed by atoms with E-state index in [9.17, 15) is 4.79 Å². The smallest absolute Gasteiger partial charge is 0.341 e. The van der Waals surface area contributed by atoms with Gasteiger partial charge in [0.15, 0.2) is 5.96 Å². The number of methoxy groups -OCH3 is 1. The van der Waals surface area contributed by atoms with E-state index in [1.54, 1.807) is 32.2 Å². The van der Waals surface area contributed by atoms with Crippen LogP contribution in [-0.2, 0) is 17.8 Å². The van der Waals surface area contributed by atoms with Crippen molar-refractivity contribution in [3.05, 3.63) is 57.0 Å². The van der Waals surface area contributed by atoms with Gasteiger partial charge >= 0.3 is 5.97 Å². The SMILES string of the molecule is CN=C(NCc1cc(C(=O)OC)c(C)o1)NCc1ccc(Cl)cc1Cl. The Balaban J connectivity index is 1.93. The first-order valence-corrected chi connectivity index (χ1v) is 8.26. The Morgan fingerprint density at radius 2 is 1.96 bits per heavy atom. The van der Waals surface area contributed by atoms with E-state index in [2.05, 4.69) is 15.6 Å². The monoisotopic (exact) mass is 383 g/mol. The maximum absolute atomic E-state index is 11.6. The fourth-order valence-corrected chi connectivity index (χ4v) is 2.65. The predicted molar refractivity (Wildman–Crippen MR) is 98.3 cm³/mol. The van der Waals surface area contributed by atoms with Crippen LogP contribution < -0.4 is 10.6 Å². The Hall–Kier alpha value is -2.18. The highest BCUT2D eigenvalue weighted by Crippen LogP contribution is 2.20. The van der Waals surface area contributed by atoms with Crippen LogP contribution in [0.1, 0.15) is 27.4 Å². The molecule has 0 fully saturated rings. The minimum absolute atomic E-state index is 0.367. The number of hydrogen-bond acceptors (Lipinski definition) is 4. The Morgan fingerprint density at radius 3 is 2.60 bits per heavy atom. The number of nitrogens with one attached hydrogen (secondary N) is 2. The Labute approximate surface area is 156 Å². The van der Waals surface area contributed by atoms with Gasteiger partial charge in [0.05, 0.1) is 13.7 Å². The molecule has 0 atom stereocenters. The Kier molecular flexibility index (Phi) is 6.73. The molecule has 6 nitrogen and oxygen atoms in total. The van der Waals surface area contributed by atoms with E-state index in [4.69, 9.17) is 32.4 Å². The molecule has 2 rings (SSSR count). The van der Waals surface area contributed by atoms with E-state index >= 15 is 0 Å². The maximum Gasteiger partial charge on any atom is 0.341 e. The molecule has 0 amide bonds. The molecule has 0 saturated carbocycles. The third kappa shape index (κ3) is 5.14. The molecule has 2 aromatic rings. The van der Waals surface area contributed by atoms with Gasteiger partial charge in [0.1, 0.15) is 17.1 Å². The van der Waals surface area contributed by atoms with Gasteiger partial charge in [-0.1, -0.05) is 29.3 Å². The topological polar surface area (TPSA) is 75.9 Å². The van der Waals surface area contributed by atoms with E-state index in [1.165, 1.54) is 7.11 Å². The van der Waals surface area contributed by atoms with Crippen LogP contribution >= 0.6 is 23.2 Å². The molecule has 0 bridgehead atoms. The van der Waals surface area contributed by atoms with Crippen LogP contribution in [0.15, 0.2) is 33.7 Å². The molecule has 2 N–H and O–H groups in total. The normalized spacial score (nSPS) is 11.3. The second-order valence-corrected chi connectivity index (χ2v) is 6.03. The van der Waals surface area contributed by atoms with Crippen LogP contribution in [0, 0.1) is 6.92 Å². The second kappa shape index (κ2) is 8.78. The third-order valence-corrected chi connectivity index (χ3v) is 4.08. The molecule has 1 aromatic heterocycles. The number of guanidine groups is 1. The number of aryl methyl sites for hydroxylation is 1. The maximum atomic E-state index is 11.6. The molecule has 0 spiro atoms. The molecule has 0 aliphatic rings. The number of nitrogens with zero attached hydrogens (tertiary/aromatic N) is 1. The van der Waals surface area contributed by atoms with Gasteiger partial charge in [-0.2, -0.15) is 0 Å². The summed E-state index contributed by atoms with van der Waals surface area (Å²) in [7, 11) is 2.99. The van der Waals surface area contributed by atoms with Gasteiger partial charge in [0.25, 0.3) is 0 Å². The lowest BCUT2D eigenvalue weighted by atomic mass is 10.2. The molecule has 0 unspecified atom stereocenters. The highest BCUT2D eigenvalue weighted by Gasteiger charge is 2.15. The standard InChI is InChI=1S/C17H19Cl2N3O3/c1-10-14(16(23)24-3)7-13(25-10)9-22-17(20-2)21-8-11-4-5-12(18)6-15(11)19/h4-7H,8-9H2,1-3H3,(H2,20,21,22). The third-order valence-electron chi connectivity index (χ3n) is 3.49. The molecular weight excluding hydrogens is 365 g/mol. The van der Waals surface area contributed by atoms with Gasteiger partial charge in [-0.15, -0.1) is 0 Å². The Morgan fingerprint density at radius 1 is 1.24 bits per heavy atom. The van der Waals surface area contributed by atoms with Crippen molar-refractivity contribution in [1.82, 2.24) is 10.6 Å². The summed E-state index contributed by atoms with van der Waals surface area (Å²) < 4.78 is 10.3. The zero-order valence-corrected chi connectivity index (χ0v) is 15.7. The van der Waals surface area contributed by atoms with Gasteiger partial charge < -0.3 is 19.8 Å². The Bertz CT molecular complexity index is 787. The highest BCUT2D eigenvalue weighted by atomic mass is 35.5. The number of rotatable bonds is 5. The molecule has 1 heterocycles. The lowest BCUT2D eigenvalue weighted by molar-refractivity contribution is 0.0599. The van der Waals surface area contributed by atoms with E-state index < -0.39 is 5.97 Å². The van der Waals surface area contributed by atoms with Crippen LogP contribution in [0.3, 0.4) is 0 Å². The molecule has 0 aliphatic heterocycles. The van der Waals surface area contributed by atoms with Crippen molar-refractivity contribution in [1.29, 1.82) is 0 Å². The molecule has 0 aliphatic carbocycles. The number of furan rings is 1. The largest absolute Gasteiger partial charge is 0.465 e. The quantitative estimate of drug-likeness (QED) is 0.469. The zero-order valence-electron chi connectivity index (χ0n) is 14.2. The number of hydrogen-bond donors (Lipinski definition) is 2. The number of halogens is 2. The van der Waals surface area contributed by atoms with Gasteiger partial charge in [0.2, 0.25) is 0 Å². The number of carbonyl (C=O) groups is 1. The highest BCUT2D eigenvalue weighted by molar-refractivity contribution is 6.35. The molecule has 134 valence electrons. The molecule has 0 radical (unpaired) electrons. The van der Waals surface area contributed by atoms with E-state index in [0.29, 0.717) is 46.2 Å². The average molecular weight is 384 g/mol. The lowest BCUT2D eigenvalue weighted by Gasteiger charge is -2.12. The average Bonchev–Trinajstić information content (AvgIpc) is 2.96. The fourth-order valence-electron chi connectivity index (χ4n) is 2.18. The first-order chi connectivity index (χ1) is 11.9. The predicted octanol–water partition coefficient (Wildman–Crippen LogP) is 3.55. The van der Waals surface area contributed by atoms with Crippen molar-refractivity contribution in [3.63, 3.8) is 0 Å². The summed E-state index contributed by atoms with van der Waals surface area (Å²) in [5.74, 6) is 1.26. The molecular formula is C17H19Cl2N3O3. The number of ether oxygens (including phenoxy) is 1. The van der Waals surface area contributed by atoms with Crippen molar-refractivity contribution in [3.8, 4) is 0 Å². The number of carbonyl (C=O) groups excluding carboxylic acids is 1. The second-order valence-electron chi connectivity index (χ2n) is 5.19. The molecule has 25 heavy (non-hydrogen) atoms. The van der Waals surface area contributed by atoms with Gasteiger partial charge in [-0.3, -0.25) is 4.99 Å². The van der Waals surface area contributed by atoms with Gasteiger partial charge in [0, 0.05) is 23.6 Å². The summed E-state index contributed by atoms with van der Waals surface area (Å²) in [6, 6.07) is 6.97. The van der Waals surface area contributed by atoms with Crippen molar-refractivity contribution >= 4 is 35.1 Å². The van der Waals surface area contributed by atoms with Crippen molar-refractivity contribution in [2.75, 3.05) is 14.2 Å². The van der Waals surface area contributed by atoms with E-state index in [1.807, 2.05) is 6.07 Å². The van der Waals surface area contributed by atoms with Gasteiger partial charge in [-0.25, -0.2) is 4.79 Å². The van der Waals surface area contributed by atoms with Gasteiger partial charge in [-0.05, 0) is 30.7 Å². The van der Waals surface area contributed by atoms with Crippen molar-refractivity contribution in [2.45, 2.75) is 20.0 Å². The summed E-state index contributed by atoms with van der Waals surface area (Å²) >= 11 is 12.0. The summed E-state index contributed by atoms with van der Waals surface area (Å²) in [4.78, 5) is 15.7. The zero-order chi connectivity index (χ0) is 18.4. The number of benzene rings is 1. The van der Waals surface area contributed by atoms with E-state index in [0.717, 1.165) is 5.56 Å². The van der Waals surface area contributed by atoms with Crippen LogP contribution in [0.2, 0.25) is 10.0 Å². The number of esters is 1. The van der Waals surface area contributed by atoms with E-state index in [-0.39, 0.29) is 0 Å². The van der Waals surface area contributed by atoms with Crippen molar-refractivity contribution in [2.24, 2.45) is 4.99 Å². The van der Waals surface area contributed by atoms with Crippen molar-refractivity contribution < 1.29 is 13.9 Å². The summed E-state index contributed by atoms with van der Waals surface area (Å²) in [6.45, 7) is 2.57. The first kappa shape index (κ1) is 19.1. The van der Waals surface area contributed by atoms with Crippen LogP contribution in [-0.4, -0.2) is 26.1 Å². The minimum Gasteiger partial charge on any atom is -0.465 e. The minimum atomic E-state index is -0.424. The molecule has 1 aromatic carbocycles. The molecule has 8 heteroatoms. The first-order valence-electron chi connectivity index (χ1n) is 7.50. The summed E-state index contributed by atoms with van der Waals surface area (Å²) in [5.41, 5.74) is 1.31. The molecule has 0 saturated heterocycles. The summed E-state index contributed by atoms with van der Waals surface area (Å²) in [5, 5.41) is 7.43. The van der Waals surface area contributed by atoms with Crippen LogP contribution in [0.5, 0.6) is 0 Å².